The standard InChI is InChI=1S/C22H23N3O3S/c1-4-28-20-13-16(5-7-19(20)27-3)6-8-21(26)24-15(2)22-25-18(14-29-22)17-9-11-23-12-10-17/h5-15H,4H2,1-3H3,(H,24,26). The summed E-state index contributed by atoms with van der Waals surface area (Å²) in [4.78, 5) is 21.0. The molecule has 1 amide bonds. The van der Waals surface area contributed by atoms with Gasteiger partial charge in [-0.3, -0.25) is 9.78 Å². The lowest BCUT2D eigenvalue weighted by Crippen LogP contribution is -2.24. The molecule has 2 heterocycles. The van der Waals surface area contributed by atoms with Gasteiger partial charge in [-0.25, -0.2) is 4.98 Å². The number of aromatic nitrogens is 2. The fourth-order valence-electron chi connectivity index (χ4n) is 2.70. The van der Waals surface area contributed by atoms with E-state index in [4.69, 9.17) is 9.47 Å². The second kappa shape index (κ2) is 9.84. The Morgan fingerprint density at radius 3 is 2.76 bits per heavy atom. The van der Waals surface area contributed by atoms with E-state index in [1.807, 2.05) is 49.6 Å². The molecule has 0 saturated heterocycles. The van der Waals surface area contributed by atoms with Crippen LogP contribution in [0.2, 0.25) is 0 Å². The quantitative estimate of drug-likeness (QED) is 0.555. The SMILES string of the molecule is CCOc1cc(C=CC(=O)NC(C)c2nc(-c3ccncc3)cs2)ccc1OC. The lowest BCUT2D eigenvalue weighted by Gasteiger charge is -2.10. The van der Waals surface area contributed by atoms with Gasteiger partial charge in [0, 0.05) is 29.4 Å². The van der Waals surface area contributed by atoms with Crippen molar-refractivity contribution in [3.05, 3.63) is 64.8 Å². The Labute approximate surface area is 174 Å². The summed E-state index contributed by atoms with van der Waals surface area (Å²) < 4.78 is 10.8. The van der Waals surface area contributed by atoms with Gasteiger partial charge in [0.1, 0.15) is 5.01 Å². The van der Waals surface area contributed by atoms with E-state index in [1.165, 1.54) is 17.4 Å². The van der Waals surface area contributed by atoms with Crippen molar-refractivity contribution in [2.24, 2.45) is 0 Å². The highest BCUT2D eigenvalue weighted by atomic mass is 32.1. The first-order valence-corrected chi connectivity index (χ1v) is 10.1. The van der Waals surface area contributed by atoms with Gasteiger partial charge in [0.2, 0.25) is 5.91 Å². The van der Waals surface area contributed by atoms with Gasteiger partial charge in [-0.15, -0.1) is 11.3 Å². The van der Waals surface area contributed by atoms with E-state index >= 15 is 0 Å². The summed E-state index contributed by atoms with van der Waals surface area (Å²) in [6, 6.07) is 9.17. The monoisotopic (exact) mass is 409 g/mol. The summed E-state index contributed by atoms with van der Waals surface area (Å²) in [5.74, 6) is 1.13. The summed E-state index contributed by atoms with van der Waals surface area (Å²) in [6.07, 6.45) is 6.72. The maximum Gasteiger partial charge on any atom is 0.244 e. The topological polar surface area (TPSA) is 73.3 Å². The van der Waals surface area contributed by atoms with Crippen LogP contribution in [0.25, 0.3) is 17.3 Å². The average Bonchev–Trinajstić information content (AvgIpc) is 3.24. The first-order chi connectivity index (χ1) is 14.1. The molecule has 0 fully saturated rings. The van der Waals surface area contributed by atoms with E-state index in [-0.39, 0.29) is 11.9 Å². The molecule has 0 aliphatic rings. The summed E-state index contributed by atoms with van der Waals surface area (Å²) >= 11 is 1.52. The second-order valence-electron chi connectivity index (χ2n) is 6.21. The number of rotatable bonds is 8. The van der Waals surface area contributed by atoms with Crippen LogP contribution in [0.4, 0.5) is 0 Å². The summed E-state index contributed by atoms with van der Waals surface area (Å²) in [6.45, 7) is 4.37. The fraction of sp³-hybridized carbons (Fsp3) is 0.227. The van der Waals surface area contributed by atoms with Gasteiger partial charge in [0.05, 0.1) is 25.5 Å². The molecule has 0 radical (unpaired) electrons. The number of hydrogen-bond donors (Lipinski definition) is 1. The predicted molar refractivity (Wildman–Crippen MR) is 115 cm³/mol. The molecule has 0 bridgehead atoms. The lowest BCUT2D eigenvalue weighted by atomic mass is 10.2. The van der Waals surface area contributed by atoms with Gasteiger partial charge in [-0.05, 0) is 49.8 Å². The van der Waals surface area contributed by atoms with E-state index in [9.17, 15) is 4.79 Å². The lowest BCUT2D eigenvalue weighted by molar-refractivity contribution is -0.117. The predicted octanol–water partition coefficient (Wildman–Crippen LogP) is 4.50. The van der Waals surface area contributed by atoms with Crippen LogP contribution in [0.15, 0.2) is 54.2 Å². The molecule has 0 aliphatic heterocycles. The third-order valence-electron chi connectivity index (χ3n) is 4.14. The van der Waals surface area contributed by atoms with Crippen LogP contribution in [0.3, 0.4) is 0 Å². The first kappa shape index (κ1) is 20.5. The van der Waals surface area contributed by atoms with Crippen molar-refractivity contribution in [3.8, 4) is 22.8 Å². The molecule has 3 aromatic rings. The fourth-order valence-corrected chi connectivity index (χ4v) is 3.54. The van der Waals surface area contributed by atoms with Crippen molar-refractivity contribution in [1.29, 1.82) is 0 Å². The Morgan fingerprint density at radius 2 is 2.03 bits per heavy atom. The normalized spacial score (nSPS) is 12.0. The Hall–Kier alpha value is -3.19. The molecular formula is C22H23N3O3S. The Kier molecular flexibility index (Phi) is 6.97. The van der Waals surface area contributed by atoms with E-state index in [0.29, 0.717) is 18.1 Å². The van der Waals surface area contributed by atoms with Crippen molar-refractivity contribution < 1.29 is 14.3 Å². The Morgan fingerprint density at radius 1 is 1.24 bits per heavy atom. The molecule has 0 aliphatic carbocycles. The molecular weight excluding hydrogens is 386 g/mol. The van der Waals surface area contributed by atoms with E-state index < -0.39 is 0 Å². The molecule has 6 nitrogen and oxygen atoms in total. The van der Waals surface area contributed by atoms with Gasteiger partial charge < -0.3 is 14.8 Å². The highest BCUT2D eigenvalue weighted by Crippen LogP contribution is 2.28. The summed E-state index contributed by atoms with van der Waals surface area (Å²) in [5, 5.41) is 5.78. The number of benzene rings is 1. The maximum atomic E-state index is 12.3. The van der Waals surface area contributed by atoms with E-state index in [2.05, 4.69) is 15.3 Å². The smallest absolute Gasteiger partial charge is 0.244 e. The van der Waals surface area contributed by atoms with Gasteiger partial charge in [-0.1, -0.05) is 6.07 Å². The van der Waals surface area contributed by atoms with Crippen LogP contribution < -0.4 is 14.8 Å². The minimum absolute atomic E-state index is 0.188. The highest BCUT2D eigenvalue weighted by Gasteiger charge is 2.13. The second-order valence-corrected chi connectivity index (χ2v) is 7.10. The molecule has 1 aromatic carbocycles. The minimum atomic E-state index is -0.192. The zero-order chi connectivity index (χ0) is 20.6. The van der Waals surface area contributed by atoms with Crippen molar-refractivity contribution in [2.45, 2.75) is 19.9 Å². The molecule has 7 heteroatoms. The number of nitrogens with one attached hydrogen (secondary N) is 1. The number of pyridine rings is 1. The number of nitrogens with zero attached hydrogens (tertiary/aromatic N) is 2. The Balaban J connectivity index is 1.63. The van der Waals surface area contributed by atoms with E-state index in [0.717, 1.165) is 21.8 Å². The number of hydrogen-bond acceptors (Lipinski definition) is 6. The van der Waals surface area contributed by atoms with Crippen molar-refractivity contribution in [2.75, 3.05) is 13.7 Å². The molecule has 1 unspecified atom stereocenters. The zero-order valence-corrected chi connectivity index (χ0v) is 17.4. The first-order valence-electron chi connectivity index (χ1n) is 9.26. The zero-order valence-electron chi connectivity index (χ0n) is 16.6. The van der Waals surface area contributed by atoms with Crippen LogP contribution in [0.1, 0.15) is 30.5 Å². The minimum Gasteiger partial charge on any atom is -0.493 e. The van der Waals surface area contributed by atoms with Crippen LogP contribution in [-0.2, 0) is 4.79 Å². The number of amides is 1. The molecule has 0 saturated carbocycles. The van der Waals surface area contributed by atoms with Crippen molar-refractivity contribution in [1.82, 2.24) is 15.3 Å². The molecule has 1 N–H and O–H groups in total. The number of methoxy groups -OCH3 is 1. The van der Waals surface area contributed by atoms with Crippen molar-refractivity contribution in [3.63, 3.8) is 0 Å². The van der Waals surface area contributed by atoms with Crippen molar-refractivity contribution >= 4 is 23.3 Å². The molecule has 3 rings (SSSR count). The van der Waals surface area contributed by atoms with Crippen LogP contribution in [0, 0.1) is 0 Å². The van der Waals surface area contributed by atoms with Crippen LogP contribution in [-0.4, -0.2) is 29.6 Å². The highest BCUT2D eigenvalue weighted by molar-refractivity contribution is 7.10. The van der Waals surface area contributed by atoms with Gasteiger partial charge in [0.25, 0.3) is 0 Å². The van der Waals surface area contributed by atoms with Crippen LogP contribution in [0.5, 0.6) is 11.5 Å². The third-order valence-corrected chi connectivity index (χ3v) is 5.17. The van der Waals surface area contributed by atoms with Gasteiger partial charge >= 0.3 is 0 Å². The molecule has 0 spiro atoms. The Bertz CT molecular complexity index is 986. The molecule has 29 heavy (non-hydrogen) atoms. The summed E-state index contributed by atoms with van der Waals surface area (Å²) in [5.41, 5.74) is 2.74. The number of ether oxygens (including phenoxy) is 2. The number of thiazole rings is 1. The summed E-state index contributed by atoms with van der Waals surface area (Å²) in [7, 11) is 1.60. The average molecular weight is 410 g/mol. The molecule has 150 valence electrons. The number of carbonyl (C=O) groups excluding carboxylic acids is 1. The van der Waals surface area contributed by atoms with Gasteiger partial charge in [0.15, 0.2) is 11.5 Å². The number of carbonyl (C=O) groups is 1. The third kappa shape index (κ3) is 5.42. The molecule has 1 atom stereocenters. The van der Waals surface area contributed by atoms with Crippen LogP contribution >= 0.6 is 11.3 Å². The van der Waals surface area contributed by atoms with Gasteiger partial charge in [-0.2, -0.15) is 0 Å². The van der Waals surface area contributed by atoms with E-state index in [1.54, 1.807) is 25.6 Å². The molecule has 2 aromatic heterocycles. The largest absolute Gasteiger partial charge is 0.493 e. The maximum absolute atomic E-state index is 12.3.